The second kappa shape index (κ2) is 5.65. The van der Waals surface area contributed by atoms with Gasteiger partial charge in [-0.05, 0) is 54.8 Å². The van der Waals surface area contributed by atoms with Crippen LogP contribution in [0.5, 0.6) is 5.75 Å². The first kappa shape index (κ1) is 13.9. The molecule has 104 valence electrons. The summed E-state index contributed by atoms with van der Waals surface area (Å²) in [4.78, 5) is 11.1. The number of nitrogens with two attached hydrogens (primary N) is 2. The van der Waals surface area contributed by atoms with Crippen molar-refractivity contribution in [2.24, 2.45) is 5.73 Å². The lowest BCUT2D eigenvalue weighted by Gasteiger charge is -2.11. The number of rotatable bonds is 4. The predicted molar refractivity (Wildman–Crippen MR) is 79.6 cm³/mol. The molecule has 0 fully saturated rings. The second-order valence-corrected chi connectivity index (χ2v) is 4.84. The molecule has 0 aliphatic rings. The minimum atomic E-state index is -0.427. The lowest BCUT2D eigenvalue weighted by atomic mass is 10.1. The van der Waals surface area contributed by atoms with Gasteiger partial charge in [0, 0.05) is 5.56 Å². The molecule has 4 nitrogen and oxygen atoms in total. The van der Waals surface area contributed by atoms with E-state index in [1.807, 2.05) is 38.1 Å². The van der Waals surface area contributed by atoms with Gasteiger partial charge in [0.15, 0.2) is 0 Å². The van der Waals surface area contributed by atoms with Crippen molar-refractivity contribution in [3.8, 4) is 5.75 Å². The van der Waals surface area contributed by atoms with Gasteiger partial charge in [-0.2, -0.15) is 0 Å². The van der Waals surface area contributed by atoms with E-state index in [1.165, 1.54) is 0 Å². The molecule has 0 spiro atoms. The lowest BCUT2D eigenvalue weighted by Crippen LogP contribution is -2.11. The van der Waals surface area contributed by atoms with Crippen LogP contribution in [0.25, 0.3) is 0 Å². The summed E-state index contributed by atoms with van der Waals surface area (Å²) in [5.74, 6) is 0.234. The fraction of sp³-hybridized carbons (Fsp3) is 0.188. The molecule has 0 aliphatic carbocycles. The van der Waals surface area contributed by atoms with Crippen LogP contribution in [0.1, 0.15) is 27.0 Å². The van der Waals surface area contributed by atoms with E-state index in [0.29, 0.717) is 23.6 Å². The molecule has 0 saturated heterocycles. The minimum Gasteiger partial charge on any atom is -0.487 e. The van der Waals surface area contributed by atoms with Gasteiger partial charge in [-0.3, -0.25) is 4.79 Å². The zero-order valence-corrected chi connectivity index (χ0v) is 11.6. The first-order valence-electron chi connectivity index (χ1n) is 6.35. The Morgan fingerprint density at radius 2 is 1.90 bits per heavy atom. The van der Waals surface area contributed by atoms with Crippen molar-refractivity contribution in [2.45, 2.75) is 20.5 Å². The van der Waals surface area contributed by atoms with Gasteiger partial charge in [0.2, 0.25) is 5.91 Å². The molecule has 0 unspecified atom stereocenters. The second-order valence-electron chi connectivity index (χ2n) is 4.84. The molecular formula is C16H18N2O2. The smallest absolute Gasteiger partial charge is 0.248 e. The maximum Gasteiger partial charge on any atom is 0.248 e. The van der Waals surface area contributed by atoms with E-state index >= 15 is 0 Å². The molecule has 0 radical (unpaired) electrons. The number of hydrogen-bond donors (Lipinski definition) is 2. The van der Waals surface area contributed by atoms with Gasteiger partial charge in [0.1, 0.15) is 12.4 Å². The highest BCUT2D eigenvalue weighted by Gasteiger charge is 2.06. The molecule has 4 N–H and O–H groups in total. The van der Waals surface area contributed by atoms with Crippen molar-refractivity contribution in [1.82, 2.24) is 0 Å². The van der Waals surface area contributed by atoms with Crippen molar-refractivity contribution >= 4 is 11.6 Å². The number of anilines is 1. The molecule has 2 aromatic rings. The van der Waals surface area contributed by atoms with Crippen molar-refractivity contribution in [1.29, 1.82) is 0 Å². The van der Waals surface area contributed by atoms with Crippen LogP contribution in [0, 0.1) is 13.8 Å². The van der Waals surface area contributed by atoms with E-state index in [9.17, 15) is 4.79 Å². The van der Waals surface area contributed by atoms with Crippen molar-refractivity contribution in [2.75, 3.05) is 5.73 Å². The minimum absolute atomic E-state index is 0.401. The molecule has 0 aromatic heterocycles. The van der Waals surface area contributed by atoms with Gasteiger partial charge >= 0.3 is 0 Å². The standard InChI is InChI=1S/C16H18N2O2/c1-10-3-6-15(14(17)7-10)20-9-13-5-4-12(16(18)19)8-11(13)2/h3-8H,9,17H2,1-2H3,(H2,18,19). The Morgan fingerprint density at radius 3 is 2.50 bits per heavy atom. The van der Waals surface area contributed by atoms with Gasteiger partial charge in [-0.25, -0.2) is 0 Å². The van der Waals surface area contributed by atoms with Gasteiger partial charge in [0.25, 0.3) is 0 Å². The predicted octanol–water partition coefficient (Wildman–Crippen LogP) is 2.56. The Hall–Kier alpha value is -2.49. The molecule has 0 saturated carbocycles. The van der Waals surface area contributed by atoms with Gasteiger partial charge in [0.05, 0.1) is 5.69 Å². The first-order valence-corrected chi connectivity index (χ1v) is 6.35. The van der Waals surface area contributed by atoms with Gasteiger partial charge in [-0.15, -0.1) is 0 Å². The Bertz CT molecular complexity index is 651. The summed E-state index contributed by atoms with van der Waals surface area (Å²) < 4.78 is 5.72. The Labute approximate surface area is 118 Å². The number of hydrogen-bond acceptors (Lipinski definition) is 3. The summed E-state index contributed by atoms with van der Waals surface area (Å²) in [5, 5.41) is 0. The van der Waals surface area contributed by atoms with E-state index in [2.05, 4.69) is 0 Å². The number of carbonyl (C=O) groups excluding carboxylic acids is 1. The SMILES string of the molecule is Cc1ccc(OCc2ccc(C(N)=O)cc2C)c(N)c1. The Morgan fingerprint density at radius 1 is 1.15 bits per heavy atom. The zero-order valence-electron chi connectivity index (χ0n) is 11.6. The third-order valence-corrected chi connectivity index (χ3v) is 3.18. The summed E-state index contributed by atoms with van der Waals surface area (Å²) in [5.41, 5.74) is 15.3. The number of ether oxygens (including phenoxy) is 1. The number of carbonyl (C=O) groups is 1. The maximum atomic E-state index is 11.1. The molecule has 1 amide bonds. The van der Waals surface area contributed by atoms with Crippen LogP contribution in [-0.4, -0.2) is 5.91 Å². The monoisotopic (exact) mass is 270 g/mol. The van der Waals surface area contributed by atoms with E-state index in [-0.39, 0.29) is 0 Å². The maximum absolute atomic E-state index is 11.1. The highest BCUT2D eigenvalue weighted by molar-refractivity contribution is 5.93. The fourth-order valence-corrected chi connectivity index (χ4v) is 1.97. The summed E-state index contributed by atoms with van der Waals surface area (Å²) in [6.45, 7) is 4.30. The number of benzene rings is 2. The van der Waals surface area contributed by atoms with Gasteiger partial charge < -0.3 is 16.2 Å². The lowest BCUT2D eigenvalue weighted by molar-refractivity contribution is 0.1000. The summed E-state index contributed by atoms with van der Waals surface area (Å²) in [6.07, 6.45) is 0. The molecule has 20 heavy (non-hydrogen) atoms. The van der Waals surface area contributed by atoms with E-state index in [0.717, 1.165) is 16.7 Å². The number of primary amides is 1. The Balaban J connectivity index is 2.13. The zero-order chi connectivity index (χ0) is 14.7. The van der Waals surface area contributed by atoms with Crippen molar-refractivity contribution in [3.63, 3.8) is 0 Å². The van der Waals surface area contributed by atoms with Crippen LogP contribution in [0.3, 0.4) is 0 Å². The van der Waals surface area contributed by atoms with E-state index in [1.54, 1.807) is 12.1 Å². The quantitative estimate of drug-likeness (QED) is 0.838. The van der Waals surface area contributed by atoms with Crippen LogP contribution in [0.2, 0.25) is 0 Å². The Kier molecular flexibility index (Phi) is 3.94. The number of aryl methyl sites for hydroxylation is 2. The van der Waals surface area contributed by atoms with Crippen molar-refractivity contribution < 1.29 is 9.53 Å². The number of amides is 1. The third-order valence-electron chi connectivity index (χ3n) is 3.18. The molecule has 4 heteroatoms. The molecule has 0 bridgehead atoms. The third kappa shape index (κ3) is 3.09. The molecule has 2 rings (SSSR count). The fourth-order valence-electron chi connectivity index (χ4n) is 1.97. The van der Waals surface area contributed by atoms with Crippen LogP contribution >= 0.6 is 0 Å². The van der Waals surface area contributed by atoms with E-state index in [4.69, 9.17) is 16.2 Å². The van der Waals surface area contributed by atoms with Crippen LogP contribution in [-0.2, 0) is 6.61 Å². The molecule has 2 aromatic carbocycles. The van der Waals surface area contributed by atoms with Crippen molar-refractivity contribution in [3.05, 3.63) is 58.7 Å². The normalized spacial score (nSPS) is 10.3. The summed E-state index contributed by atoms with van der Waals surface area (Å²) in [7, 11) is 0. The van der Waals surface area contributed by atoms with Crippen LogP contribution in [0.4, 0.5) is 5.69 Å². The van der Waals surface area contributed by atoms with Crippen LogP contribution in [0.15, 0.2) is 36.4 Å². The summed E-state index contributed by atoms with van der Waals surface area (Å²) >= 11 is 0. The average molecular weight is 270 g/mol. The molecule has 0 heterocycles. The highest BCUT2D eigenvalue weighted by Crippen LogP contribution is 2.23. The van der Waals surface area contributed by atoms with Crippen LogP contribution < -0.4 is 16.2 Å². The number of nitrogen functional groups attached to an aromatic ring is 1. The van der Waals surface area contributed by atoms with Gasteiger partial charge in [-0.1, -0.05) is 12.1 Å². The first-order chi connectivity index (χ1) is 9.47. The highest BCUT2D eigenvalue weighted by atomic mass is 16.5. The largest absolute Gasteiger partial charge is 0.487 e. The molecule has 0 atom stereocenters. The van der Waals surface area contributed by atoms with E-state index < -0.39 is 5.91 Å². The molecule has 0 aliphatic heterocycles. The average Bonchev–Trinajstić information content (AvgIpc) is 2.38. The molecular weight excluding hydrogens is 252 g/mol. The summed E-state index contributed by atoms with van der Waals surface area (Å²) in [6, 6.07) is 11.0. The topological polar surface area (TPSA) is 78.3 Å².